The molecular weight excluding hydrogens is 250 g/mol. The summed E-state index contributed by atoms with van der Waals surface area (Å²) < 4.78 is 48.7. The van der Waals surface area contributed by atoms with Crippen molar-refractivity contribution in [3.63, 3.8) is 0 Å². The number of hydrogen-bond donors (Lipinski definition) is 2. The lowest BCUT2D eigenvalue weighted by atomic mass is 10.2. The molecule has 0 bridgehead atoms. The Morgan fingerprint density at radius 3 is 2.65 bits per heavy atom. The van der Waals surface area contributed by atoms with Gasteiger partial charge in [-0.1, -0.05) is 6.08 Å². The fourth-order valence-corrected chi connectivity index (χ4v) is 2.80. The second-order valence-electron chi connectivity index (χ2n) is 3.73. The minimum absolute atomic E-state index is 0.0293. The molecule has 0 spiro atoms. The molecule has 0 amide bonds. The number of halogens is 2. The Kier molecular flexibility index (Phi) is 2.78. The molecule has 1 aromatic carbocycles. The van der Waals surface area contributed by atoms with Gasteiger partial charge >= 0.3 is 0 Å². The van der Waals surface area contributed by atoms with E-state index in [1.54, 1.807) is 0 Å². The van der Waals surface area contributed by atoms with Gasteiger partial charge in [-0.25, -0.2) is 17.2 Å². The molecule has 0 aliphatic carbocycles. The van der Waals surface area contributed by atoms with Gasteiger partial charge in [-0.3, -0.25) is 0 Å². The van der Waals surface area contributed by atoms with Gasteiger partial charge in [0.05, 0.1) is 23.2 Å². The maximum atomic E-state index is 13.4. The van der Waals surface area contributed by atoms with Crippen molar-refractivity contribution < 1.29 is 17.2 Å². The third kappa shape index (κ3) is 2.38. The van der Waals surface area contributed by atoms with Gasteiger partial charge in [-0.05, 0) is 12.1 Å². The van der Waals surface area contributed by atoms with Crippen molar-refractivity contribution in [3.8, 4) is 0 Å². The minimum Gasteiger partial charge on any atom is -0.397 e. The lowest BCUT2D eigenvalue weighted by Gasteiger charge is -2.14. The van der Waals surface area contributed by atoms with Gasteiger partial charge in [-0.2, -0.15) is 0 Å². The molecule has 1 atom stereocenters. The van der Waals surface area contributed by atoms with Crippen LogP contribution in [0.15, 0.2) is 23.6 Å². The molecule has 1 aromatic rings. The zero-order valence-electron chi connectivity index (χ0n) is 8.65. The molecule has 1 heterocycles. The number of nitrogens with two attached hydrogens (primary N) is 1. The zero-order chi connectivity index (χ0) is 12.6. The Labute approximate surface area is 97.0 Å². The SMILES string of the molecule is Nc1ccc(F)c(F)c1NC1C=CS(=O)(=O)C1. The smallest absolute Gasteiger partial charge is 0.183 e. The van der Waals surface area contributed by atoms with Crippen LogP contribution < -0.4 is 11.1 Å². The molecule has 1 aliphatic heterocycles. The highest BCUT2D eigenvalue weighted by molar-refractivity contribution is 7.94. The van der Waals surface area contributed by atoms with Crippen molar-refractivity contribution in [2.45, 2.75) is 6.04 Å². The first-order chi connectivity index (χ1) is 7.89. The maximum absolute atomic E-state index is 13.4. The summed E-state index contributed by atoms with van der Waals surface area (Å²) in [5.74, 6) is -2.34. The topological polar surface area (TPSA) is 72.2 Å². The summed E-state index contributed by atoms with van der Waals surface area (Å²) in [5, 5.41) is 3.61. The number of nitrogen functional groups attached to an aromatic ring is 1. The fourth-order valence-electron chi connectivity index (χ4n) is 1.56. The second kappa shape index (κ2) is 3.99. The number of anilines is 2. The first kappa shape index (κ1) is 11.8. The van der Waals surface area contributed by atoms with Crippen molar-refractivity contribution in [3.05, 3.63) is 35.3 Å². The van der Waals surface area contributed by atoms with E-state index in [0.29, 0.717) is 0 Å². The van der Waals surface area contributed by atoms with Gasteiger partial charge in [0.25, 0.3) is 0 Å². The van der Waals surface area contributed by atoms with Gasteiger partial charge < -0.3 is 11.1 Å². The average molecular weight is 260 g/mol. The standard InChI is InChI=1S/C10H10F2N2O2S/c11-7-1-2-8(13)10(9(7)12)14-6-3-4-17(15,16)5-6/h1-4,6,14H,5,13H2. The van der Waals surface area contributed by atoms with E-state index in [1.165, 1.54) is 12.1 Å². The molecule has 17 heavy (non-hydrogen) atoms. The highest BCUT2D eigenvalue weighted by Gasteiger charge is 2.23. The van der Waals surface area contributed by atoms with E-state index >= 15 is 0 Å². The Balaban J connectivity index is 2.26. The largest absolute Gasteiger partial charge is 0.397 e. The van der Waals surface area contributed by atoms with Crippen LogP contribution in [0.5, 0.6) is 0 Å². The molecule has 0 fully saturated rings. The second-order valence-corrected chi connectivity index (χ2v) is 5.67. The summed E-state index contributed by atoms with van der Waals surface area (Å²) in [5.41, 5.74) is 5.31. The summed E-state index contributed by atoms with van der Waals surface area (Å²) in [7, 11) is -3.25. The van der Waals surface area contributed by atoms with E-state index in [-0.39, 0.29) is 17.1 Å². The highest BCUT2D eigenvalue weighted by atomic mass is 32.2. The van der Waals surface area contributed by atoms with E-state index in [2.05, 4.69) is 5.32 Å². The number of sulfone groups is 1. The van der Waals surface area contributed by atoms with Crippen molar-refractivity contribution in [2.75, 3.05) is 16.8 Å². The highest BCUT2D eigenvalue weighted by Crippen LogP contribution is 2.26. The first-order valence-corrected chi connectivity index (χ1v) is 6.51. The van der Waals surface area contributed by atoms with Crippen LogP contribution in [-0.2, 0) is 9.84 Å². The third-order valence-electron chi connectivity index (χ3n) is 2.39. The third-order valence-corrected chi connectivity index (χ3v) is 3.78. The molecule has 3 N–H and O–H groups in total. The predicted octanol–water partition coefficient (Wildman–Crippen LogP) is 1.27. The zero-order valence-corrected chi connectivity index (χ0v) is 9.47. The average Bonchev–Trinajstić information content (AvgIpc) is 2.59. The summed E-state index contributed by atoms with van der Waals surface area (Å²) >= 11 is 0. The molecule has 2 rings (SSSR count). The Bertz CT molecular complexity index is 584. The van der Waals surface area contributed by atoms with Crippen molar-refractivity contribution >= 4 is 21.2 Å². The summed E-state index contributed by atoms with van der Waals surface area (Å²) in [6, 6.07) is 1.53. The molecule has 0 saturated carbocycles. The maximum Gasteiger partial charge on any atom is 0.183 e. The van der Waals surface area contributed by atoms with E-state index < -0.39 is 27.5 Å². The quantitative estimate of drug-likeness (QED) is 0.785. The number of rotatable bonds is 2. The summed E-state index contributed by atoms with van der Waals surface area (Å²) in [4.78, 5) is 0. The van der Waals surface area contributed by atoms with Gasteiger partial charge in [0.15, 0.2) is 21.5 Å². The lowest BCUT2D eigenvalue weighted by Crippen LogP contribution is -2.22. The number of benzene rings is 1. The van der Waals surface area contributed by atoms with Crippen LogP contribution in [0.3, 0.4) is 0 Å². The minimum atomic E-state index is -3.25. The van der Waals surface area contributed by atoms with Crippen LogP contribution in [0.1, 0.15) is 0 Å². The van der Waals surface area contributed by atoms with E-state index in [0.717, 1.165) is 11.5 Å². The molecule has 1 aliphatic rings. The Hall–Kier alpha value is -1.63. The van der Waals surface area contributed by atoms with Crippen molar-refractivity contribution in [1.82, 2.24) is 0 Å². The molecule has 0 saturated heterocycles. The molecule has 7 heteroatoms. The van der Waals surface area contributed by atoms with Crippen LogP contribution >= 0.6 is 0 Å². The van der Waals surface area contributed by atoms with Crippen LogP contribution in [0.4, 0.5) is 20.2 Å². The van der Waals surface area contributed by atoms with Crippen molar-refractivity contribution in [1.29, 1.82) is 0 Å². The monoisotopic (exact) mass is 260 g/mol. The Morgan fingerprint density at radius 2 is 2.06 bits per heavy atom. The molecule has 4 nitrogen and oxygen atoms in total. The van der Waals surface area contributed by atoms with Gasteiger partial charge in [0, 0.05) is 5.41 Å². The fraction of sp³-hybridized carbons (Fsp3) is 0.200. The van der Waals surface area contributed by atoms with Gasteiger partial charge in [0.1, 0.15) is 0 Å². The molecule has 0 aromatic heterocycles. The molecule has 0 radical (unpaired) electrons. The Morgan fingerprint density at radius 1 is 1.35 bits per heavy atom. The number of nitrogens with one attached hydrogen (secondary N) is 1. The normalized spacial score (nSPS) is 21.6. The predicted molar refractivity (Wildman–Crippen MR) is 61.1 cm³/mol. The molecular formula is C10H10F2N2O2S. The van der Waals surface area contributed by atoms with E-state index in [9.17, 15) is 17.2 Å². The summed E-state index contributed by atoms with van der Waals surface area (Å²) in [6.07, 6.45) is 1.37. The number of hydrogen-bond acceptors (Lipinski definition) is 4. The van der Waals surface area contributed by atoms with Gasteiger partial charge in [-0.15, -0.1) is 0 Å². The van der Waals surface area contributed by atoms with E-state index in [1.807, 2.05) is 0 Å². The summed E-state index contributed by atoms with van der Waals surface area (Å²) in [6.45, 7) is 0. The van der Waals surface area contributed by atoms with Crippen LogP contribution in [0.2, 0.25) is 0 Å². The molecule has 92 valence electrons. The van der Waals surface area contributed by atoms with Crippen LogP contribution in [0, 0.1) is 11.6 Å². The van der Waals surface area contributed by atoms with Gasteiger partial charge in [0.2, 0.25) is 0 Å². The van der Waals surface area contributed by atoms with Crippen LogP contribution in [-0.4, -0.2) is 20.2 Å². The van der Waals surface area contributed by atoms with Crippen molar-refractivity contribution in [2.24, 2.45) is 0 Å². The first-order valence-electron chi connectivity index (χ1n) is 4.80. The van der Waals surface area contributed by atoms with Crippen LogP contribution in [0.25, 0.3) is 0 Å². The molecule has 1 unspecified atom stereocenters. The van der Waals surface area contributed by atoms with E-state index in [4.69, 9.17) is 5.73 Å². The lowest BCUT2D eigenvalue weighted by molar-refractivity contribution is 0.511.